The van der Waals surface area contributed by atoms with E-state index in [9.17, 15) is 19.8 Å². The lowest BCUT2D eigenvalue weighted by molar-refractivity contribution is -0.172. The van der Waals surface area contributed by atoms with Crippen molar-refractivity contribution >= 4 is 11.9 Å². The molecule has 1 saturated heterocycles. The number of carboxylic acid groups (broad SMARTS) is 2. The zero-order valence-corrected chi connectivity index (χ0v) is 9.63. The molecule has 3 saturated carbocycles. The molecule has 2 N–H and O–H groups in total. The standard InChI is InChI=1S/C12H16O5/c1-2-12-4-3-5(8-9(12)17-8)6(10(13)14)7(12)11(15)16/h5-9H,2-4H2,1H3,(H,13,14)(H,15,16). The van der Waals surface area contributed by atoms with Gasteiger partial charge in [0, 0.05) is 11.3 Å². The summed E-state index contributed by atoms with van der Waals surface area (Å²) in [6.07, 6.45) is 2.25. The van der Waals surface area contributed by atoms with Gasteiger partial charge in [0.2, 0.25) is 0 Å². The third kappa shape index (κ3) is 1.18. The number of carboxylic acids is 2. The molecular formula is C12H16O5. The van der Waals surface area contributed by atoms with E-state index >= 15 is 0 Å². The molecule has 4 fully saturated rings. The van der Waals surface area contributed by atoms with Gasteiger partial charge >= 0.3 is 11.9 Å². The summed E-state index contributed by atoms with van der Waals surface area (Å²) >= 11 is 0. The molecule has 6 unspecified atom stereocenters. The number of hydrogen-bond donors (Lipinski definition) is 2. The van der Waals surface area contributed by atoms with E-state index in [-0.39, 0.29) is 18.1 Å². The monoisotopic (exact) mass is 240 g/mol. The molecule has 6 atom stereocenters. The summed E-state index contributed by atoms with van der Waals surface area (Å²) in [5, 5.41) is 18.7. The number of aliphatic carboxylic acids is 2. The molecule has 4 aliphatic rings. The van der Waals surface area contributed by atoms with Crippen molar-refractivity contribution in [3.05, 3.63) is 0 Å². The first-order valence-electron chi connectivity index (χ1n) is 6.14. The highest BCUT2D eigenvalue weighted by Gasteiger charge is 2.73. The molecule has 5 heteroatoms. The Kier molecular flexibility index (Phi) is 2.09. The Morgan fingerprint density at radius 3 is 2.59 bits per heavy atom. The molecule has 0 amide bonds. The zero-order chi connectivity index (χ0) is 12.4. The largest absolute Gasteiger partial charge is 0.481 e. The summed E-state index contributed by atoms with van der Waals surface area (Å²) < 4.78 is 5.59. The molecule has 0 spiro atoms. The van der Waals surface area contributed by atoms with Crippen LogP contribution in [0, 0.1) is 23.2 Å². The first-order chi connectivity index (χ1) is 8.03. The maximum atomic E-state index is 11.5. The lowest BCUT2D eigenvalue weighted by atomic mass is 9.49. The molecule has 1 heterocycles. The summed E-state index contributed by atoms with van der Waals surface area (Å²) in [6, 6.07) is 0. The van der Waals surface area contributed by atoms with Crippen LogP contribution in [0.2, 0.25) is 0 Å². The fraction of sp³-hybridized carbons (Fsp3) is 0.833. The minimum absolute atomic E-state index is 0.000370. The van der Waals surface area contributed by atoms with E-state index in [4.69, 9.17) is 4.74 Å². The number of carbonyl (C=O) groups is 2. The van der Waals surface area contributed by atoms with E-state index in [1.165, 1.54) is 0 Å². The van der Waals surface area contributed by atoms with Crippen molar-refractivity contribution in [3.63, 3.8) is 0 Å². The molecule has 0 aromatic carbocycles. The maximum Gasteiger partial charge on any atom is 0.308 e. The Hall–Kier alpha value is -1.10. The minimum atomic E-state index is -0.978. The maximum absolute atomic E-state index is 11.5. The molecular weight excluding hydrogens is 224 g/mol. The van der Waals surface area contributed by atoms with Crippen LogP contribution >= 0.6 is 0 Å². The van der Waals surface area contributed by atoms with Crippen LogP contribution in [0.1, 0.15) is 26.2 Å². The highest BCUT2D eigenvalue weighted by molar-refractivity contribution is 5.82. The summed E-state index contributed by atoms with van der Waals surface area (Å²) in [6.45, 7) is 1.94. The Labute approximate surface area is 98.8 Å². The summed E-state index contributed by atoms with van der Waals surface area (Å²) in [5.41, 5.74) is -0.450. The Balaban J connectivity index is 2.07. The Bertz CT molecular complexity index is 392. The lowest BCUT2D eigenvalue weighted by Gasteiger charge is -2.50. The van der Waals surface area contributed by atoms with E-state index in [2.05, 4.69) is 0 Å². The van der Waals surface area contributed by atoms with Gasteiger partial charge in [-0.15, -0.1) is 0 Å². The molecule has 2 bridgehead atoms. The average molecular weight is 240 g/mol. The molecule has 3 aliphatic carbocycles. The predicted molar refractivity (Wildman–Crippen MR) is 56.4 cm³/mol. The van der Waals surface area contributed by atoms with Crippen molar-refractivity contribution in [1.82, 2.24) is 0 Å². The van der Waals surface area contributed by atoms with Gasteiger partial charge in [-0.2, -0.15) is 0 Å². The summed E-state index contributed by atoms with van der Waals surface area (Å²) in [4.78, 5) is 22.8. The lowest BCUT2D eigenvalue weighted by Crippen LogP contribution is -2.58. The second-order valence-corrected chi connectivity index (χ2v) is 5.49. The van der Waals surface area contributed by atoms with Crippen molar-refractivity contribution in [2.75, 3.05) is 0 Å². The number of fused-ring (bicyclic) bond motifs is 2. The third-order valence-electron chi connectivity index (χ3n) is 5.11. The van der Waals surface area contributed by atoms with Crippen LogP contribution in [0.3, 0.4) is 0 Å². The minimum Gasteiger partial charge on any atom is -0.481 e. The number of rotatable bonds is 3. The van der Waals surface area contributed by atoms with Gasteiger partial charge < -0.3 is 14.9 Å². The molecule has 4 rings (SSSR count). The average Bonchev–Trinajstić information content (AvgIpc) is 3.08. The topological polar surface area (TPSA) is 87.1 Å². The van der Waals surface area contributed by atoms with Gasteiger partial charge in [-0.25, -0.2) is 0 Å². The van der Waals surface area contributed by atoms with Gasteiger partial charge in [-0.3, -0.25) is 9.59 Å². The second-order valence-electron chi connectivity index (χ2n) is 5.49. The number of hydrogen-bond acceptors (Lipinski definition) is 3. The van der Waals surface area contributed by atoms with Crippen molar-refractivity contribution in [3.8, 4) is 0 Å². The summed E-state index contributed by atoms with van der Waals surface area (Å²) in [7, 11) is 0. The molecule has 94 valence electrons. The molecule has 0 radical (unpaired) electrons. The predicted octanol–water partition coefficient (Wildman–Crippen LogP) is 0.975. The van der Waals surface area contributed by atoms with Crippen molar-refractivity contribution in [2.24, 2.45) is 23.2 Å². The number of epoxide rings is 1. The third-order valence-corrected chi connectivity index (χ3v) is 5.11. The normalized spacial score (nSPS) is 50.8. The smallest absolute Gasteiger partial charge is 0.308 e. The van der Waals surface area contributed by atoms with E-state index < -0.39 is 29.2 Å². The Morgan fingerprint density at radius 1 is 1.35 bits per heavy atom. The van der Waals surface area contributed by atoms with E-state index in [0.717, 1.165) is 12.8 Å². The number of ether oxygens (including phenoxy) is 1. The van der Waals surface area contributed by atoms with Gasteiger partial charge in [-0.1, -0.05) is 6.92 Å². The van der Waals surface area contributed by atoms with E-state index in [1.54, 1.807) is 0 Å². The van der Waals surface area contributed by atoms with Gasteiger partial charge in [-0.05, 0) is 19.3 Å². The molecule has 5 nitrogen and oxygen atoms in total. The first-order valence-corrected chi connectivity index (χ1v) is 6.14. The van der Waals surface area contributed by atoms with Crippen LogP contribution in [0.25, 0.3) is 0 Å². The van der Waals surface area contributed by atoms with Crippen molar-refractivity contribution in [1.29, 1.82) is 0 Å². The fourth-order valence-corrected chi connectivity index (χ4v) is 4.30. The van der Waals surface area contributed by atoms with Crippen molar-refractivity contribution < 1.29 is 24.5 Å². The van der Waals surface area contributed by atoms with Crippen LogP contribution < -0.4 is 0 Å². The summed E-state index contributed by atoms with van der Waals surface area (Å²) in [5.74, 6) is -3.61. The first kappa shape index (κ1) is 11.0. The molecule has 0 aromatic heterocycles. The van der Waals surface area contributed by atoms with Crippen LogP contribution in [0.4, 0.5) is 0 Å². The van der Waals surface area contributed by atoms with Gasteiger partial charge in [0.15, 0.2) is 0 Å². The Morgan fingerprint density at radius 2 is 2.06 bits per heavy atom. The van der Waals surface area contributed by atoms with Crippen LogP contribution in [0.5, 0.6) is 0 Å². The quantitative estimate of drug-likeness (QED) is 0.718. The SMILES string of the molecule is CCC12CCC(C3OC31)C(C(=O)O)C2C(=O)O. The van der Waals surface area contributed by atoms with E-state index in [0.29, 0.717) is 6.42 Å². The van der Waals surface area contributed by atoms with E-state index in [1.807, 2.05) is 6.92 Å². The highest BCUT2D eigenvalue weighted by atomic mass is 16.6. The second kappa shape index (κ2) is 3.22. The molecule has 17 heavy (non-hydrogen) atoms. The van der Waals surface area contributed by atoms with Crippen LogP contribution in [0.15, 0.2) is 0 Å². The molecule has 0 aromatic rings. The molecule has 1 aliphatic heterocycles. The highest BCUT2D eigenvalue weighted by Crippen LogP contribution is 2.66. The zero-order valence-electron chi connectivity index (χ0n) is 9.63. The fourth-order valence-electron chi connectivity index (χ4n) is 4.30. The van der Waals surface area contributed by atoms with Crippen LogP contribution in [-0.2, 0) is 14.3 Å². The van der Waals surface area contributed by atoms with Gasteiger partial charge in [0.05, 0.1) is 24.0 Å². The van der Waals surface area contributed by atoms with Crippen LogP contribution in [-0.4, -0.2) is 34.4 Å². The van der Waals surface area contributed by atoms with Gasteiger partial charge in [0.1, 0.15) is 0 Å². The van der Waals surface area contributed by atoms with Gasteiger partial charge in [0.25, 0.3) is 0 Å². The van der Waals surface area contributed by atoms with Crippen molar-refractivity contribution in [2.45, 2.75) is 38.4 Å².